The molecule has 2 amide bonds. The lowest BCUT2D eigenvalue weighted by Crippen LogP contribution is -2.50. The Morgan fingerprint density at radius 3 is 2.62 bits per heavy atom. The van der Waals surface area contributed by atoms with Gasteiger partial charge >= 0.3 is 6.09 Å². The van der Waals surface area contributed by atoms with Gasteiger partial charge in [-0.15, -0.1) is 0 Å². The number of carbonyl (C=O) groups excluding carboxylic acids is 2. The first kappa shape index (κ1) is 32.2. The molecule has 224 valence electrons. The third kappa shape index (κ3) is 9.93. The van der Waals surface area contributed by atoms with Gasteiger partial charge in [0.15, 0.2) is 0 Å². The first-order chi connectivity index (χ1) is 20.0. The molecule has 0 bridgehead atoms. The molecule has 1 fully saturated rings. The summed E-state index contributed by atoms with van der Waals surface area (Å²) >= 11 is 0. The summed E-state index contributed by atoms with van der Waals surface area (Å²) in [4.78, 5) is 35.7. The molecule has 1 saturated carbocycles. The van der Waals surface area contributed by atoms with E-state index < -0.39 is 17.7 Å². The van der Waals surface area contributed by atoms with Gasteiger partial charge in [0, 0.05) is 38.3 Å². The van der Waals surface area contributed by atoms with E-state index >= 15 is 0 Å². The highest BCUT2D eigenvalue weighted by atomic mass is 16.6. The van der Waals surface area contributed by atoms with Crippen molar-refractivity contribution in [3.63, 3.8) is 0 Å². The molecule has 0 unspecified atom stereocenters. The standard InChI is InChI=1S/C31H41N7O4/c1-21(38(5)30(40)42-31(2,3)4)28(39)35-26-9-7-8-22(18-26)10-13-24-20-34-29(37-27(24)33-16-17-41-6)36-25-14-11-23(19-32)12-15-25/h11-12,14-15,20-22,26H,7-9,16-18H2,1-6H3,(H,35,39)(H2,33,34,36,37)/t21-,22-,26-/m0/s1. The Labute approximate surface area is 248 Å². The van der Waals surface area contributed by atoms with Crippen LogP contribution in [-0.4, -0.2) is 71.9 Å². The van der Waals surface area contributed by atoms with Gasteiger partial charge in [0.25, 0.3) is 0 Å². The number of hydrogen-bond acceptors (Lipinski definition) is 9. The molecule has 0 saturated heterocycles. The van der Waals surface area contributed by atoms with Gasteiger partial charge in [0.2, 0.25) is 11.9 Å². The minimum atomic E-state index is -0.666. The third-order valence-corrected chi connectivity index (χ3v) is 6.73. The number of anilines is 3. The van der Waals surface area contributed by atoms with Crippen LogP contribution in [0.5, 0.6) is 0 Å². The van der Waals surface area contributed by atoms with Gasteiger partial charge in [0.05, 0.1) is 30.0 Å². The van der Waals surface area contributed by atoms with Crippen LogP contribution in [0, 0.1) is 29.1 Å². The molecule has 1 aliphatic rings. The number of aromatic nitrogens is 2. The summed E-state index contributed by atoms with van der Waals surface area (Å²) in [6.07, 6.45) is 4.58. The van der Waals surface area contributed by atoms with Gasteiger partial charge in [0.1, 0.15) is 17.5 Å². The minimum Gasteiger partial charge on any atom is -0.444 e. The minimum absolute atomic E-state index is 0.0328. The zero-order valence-electron chi connectivity index (χ0n) is 25.3. The summed E-state index contributed by atoms with van der Waals surface area (Å²) < 4.78 is 10.6. The number of ether oxygens (including phenoxy) is 2. The predicted molar refractivity (Wildman–Crippen MR) is 161 cm³/mol. The van der Waals surface area contributed by atoms with Crippen LogP contribution < -0.4 is 16.0 Å². The fourth-order valence-electron chi connectivity index (χ4n) is 4.32. The highest BCUT2D eigenvalue weighted by Crippen LogP contribution is 2.25. The number of likely N-dealkylation sites (N-methyl/N-ethyl adjacent to an activating group) is 1. The SMILES string of the molecule is COCCNc1nc(Nc2ccc(C#N)cc2)ncc1C#C[C@@H]1CCC[C@H](NC(=O)[C@H](C)N(C)C(=O)OC(C)(C)C)C1. The van der Waals surface area contributed by atoms with E-state index in [1.54, 1.807) is 72.3 Å². The molecule has 1 aliphatic carbocycles. The summed E-state index contributed by atoms with van der Waals surface area (Å²) in [5.74, 6) is 7.46. The topological polar surface area (TPSA) is 142 Å². The highest BCUT2D eigenvalue weighted by molar-refractivity contribution is 5.85. The molecule has 3 rings (SSSR count). The van der Waals surface area contributed by atoms with E-state index in [1.165, 1.54) is 4.90 Å². The molecule has 1 aromatic carbocycles. The Kier molecular flexibility index (Phi) is 11.5. The first-order valence-electron chi connectivity index (χ1n) is 14.1. The van der Waals surface area contributed by atoms with Crippen molar-refractivity contribution in [2.24, 2.45) is 5.92 Å². The summed E-state index contributed by atoms with van der Waals surface area (Å²) in [5, 5.41) is 18.5. The van der Waals surface area contributed by atoms with Crippen LogP contribution in [0.1, 0.15) is 64.5 Å². The number of benzene rings is 1. The van der Waals surface area contributed by atoms with Gasteiger partial charge in [-0.05, 0) is 71.2 Å². The fraction of sp³-hybridized carbons (Fsp3) is 0.516. The van der Waals surface area contributed by atoms with E-state index in [0.717, 1.165) is 24.9 Å². The molecule has 0 radical (unpaired) electrons. The molecule has 2 aromatic rings. The van der Waals surface area contributed by atoms with Crippen LogP contribution in [0.2, 0.25) is 0 Å². The van der Waals surface area contributed by atoms with Gasteiger partial charge in [-0.1, -0.05) is 18.3 Å². The molecular weight excluding hydrogens is 534 g/mol. The van der Waals surface area contributed by atoms with Crippen LogP contribution >= 0.6 is 0 Å². The number of hydrogen-bond donors (Lipinski definition) is 3. The van der Waals surface area contributed by atoms with Crippen LogP contribution in [0.15, 0.2) is 30.5 Å². The number of carbonyl (C=O) groups is 2. The van der Waals surface area contributed by atoms with Gasteiger partial charge in [-0.2, -0.15) is 10.2 Å². The second kappa shape index (κ2) is 15.0. The average Bonchev–Trinajstić information content (AvgIpc) is 2.95. The maximum Gasteiger partial charge on any atom is 0.410 e. The molecule has 42 heavy (non-hydrogen) atoms. The lowest BCUT2D eigenvalue weighted by Gasteiger charge is -2.31. The zero-order chi connectivity index (χ0) is 30.7. The maximum absolute atomic E-state index is 12.9. The second-order valence-corrected chi connectivity index (χ2v) is 11.3. The van der Waals surface area contributed by atoms with Gasteiger partial charge < -0.3 is 25.4 Å². The summed E-state index contributed by atoms with van der Waals surface area (Å²) in [5.41, 5.74) is 1.36. The average molecular weight is 576 g/mol. The summed E-state index contributed by atoms with van der Waals surface area (Å²) in [6.45, 7) is 8.12. The van der Waals surface area contributed by atoms with E-state index in [2.05, 4.69) is 43.8 Å². The predicted octanol–water partition coefficient (Wildman–Crippen LogP) is 4.43. The molecule has 3 atom stereocenters. The normalized spacial score (nSPS) is 17.1. The zero-order valence-corrected chi connectivity index (χ0v) is 25.3. The number of nitrogens with zero attached hydrogens (tertiary/aromatic N) is 4. The third-order valence-electron chi connectivity index (χ3n) is 6.73. The molecule has 0 spiro atoms. The Morgan fingerprint density at radius 2 is 1.95 bits per heavy atom. The van der Waals surface area contributed by atoms with Crippen molar-refractivity contribution < 1.29 is 19.1 Å². The van der Waals surface area contributed by atoms with Crippen LogP contribution in [0.4, 0.5) is 22.2 Å². The smallest absolute Gasteiger partial charge is 0.410 e. The van der Waals surface area contributed by atoms with Crippen molar-refractivity contribution in [2.75, 3.05) is 37.9 Å². The monoisotopic (exact) mass is 575 g/mol. The van der Waals surface area contributed by atoms with Crippen molar-refractivity contribution in [3.8, 4) is 17.9 Å². The van der Waals surface area contributed by atoms with E-state index in [-0.39, 0.29) is 17.9 Å². The number of nitrogens with one attached hydrogen (secondary N) is 3. The van der Waals surface area contributed by atoms with Gasteiger partial charge in [-0.25, -0.2) is 9.78 Å². The molecular formula is C31H41N7O4. The van der Waals surface area contributed by atoms with Gasteiger partial charge in [-0.3, -0.25) is 9.69 Å². The molecule has 11 heteroatoms. The van der Waals surface area contributed by atoms with Crippen molar-refractivity contribution in [3.05, 3.63) is 41.6 Å². The van der Waals surface area contributed by atoms with Crippen LogP contribution in [-0.2, 0) is 14.3 Å². The van der Waals surface area contributed by atoms with E-state index in [1.807, 2.05) is 0 Å². The molecule has 11 nitrogen and oxygen atoms in total. The van der Waals surface area contributed by atoms with Crippen molar-refractivity contribution >= 4 is 29.5 Å². The number of amides is 2. The lowest BCUT2D eigenvalue weighted by atomic mass is 9.86. The molecule has 0 aliphatic heterocycles. The number of nitriles is 1. The van der Waals surface area contributed by atoms with Crippen molar-refractivity contribution in [1.29, 1.82) is 5.26 Å². The fourth-order valence-corrected chi connectivity index (χ4v) is 4.32. The van der Waals surface area contributed by atoms with E-state index in [4.69, 9.17) is 14.7 Å². The Morgan fingerprint density at radius 1 is 1.21 bits per heavy atom. The number of methoxy groups -OCH3 is 1. The van der Waals surface area contributed by atoms with E-state index in [9.17, 15) is 9.59 Å². The molecule has 1 heterocycles. The summed E-state index contributed by atoms with van der Waals surface area (Å²) in [6, 6.07) is 8.43. The number of rotatable bonds is 9. The van der Waals surface area contributed by atoms with Crippen molar-refractivity contribution in [1.82, 2.24) is 20.2 Å². The quantitative estimate of drug-likeness (QED) is 0.292. The lowest BCUT2D eigenvalue weighted by molar-refractivity contribution is -0.126. The second-order valence-electron chi connectivity index (χ2n) is 11.3. The first-order valence-corrected chi connectivity index (χ1v) is 14.1. The largest absolute Gasteiger partial charge is 0.444 e. The van der Waals surface area contributed by atoms with Crippen LogP contribution in [0.25, 0.3) is 0 Å². The Hall–Kier alpha value is -4.35. The summed E-state index contributed by atoms with van der Waals surface area (Å²) in [7, 11) is 3.20. The van der Waals surface area contributed by atoms with Crippen molar-refractivity contribution in [2.45, 2.75) is 71.1 Å². The van der Waals surface area contributed by atoms with E-state index in [0.29, 0.717) is 42.5 Å². The molecule has 1 aromatic heterocycles. The highest BCUT2D eigenvalue weighted by Gasteiger charge is 2.29. The Bertz CT molecular complexity index is 1320. The molecule has 3 N–H and O–H groups in total. The Balaban J connectivity index is 1.66. The van der Waals surface area contributed by atoms with Crippen LogP contribution in [0.3, 0.4) is 0 Å². The maximum atomic E-state index is 12.9.